The first kappa shape index (κ1) is 12.9. The van der Waals surface area contributed by atoms with E-state index in [4.69, 9.17) is 0 Å². The lowest BCUT2D eigenvalue weighted by atomic mass is 10.2. The van der Waals surface area contributed by atoms with Gasteiger partial charge in [0.25, 0.3) is 0 Å². The van der Waals surface area contributed by atoms with Crippen molar-refractivity contribution >= 4 is 33.1 Å². The fourth-order valence-electron chi connectivity index (χ4n) is 1.68. The molecule has 0 fully saturated rings. The van der Waals surface area contributed by atoms with Gasteiger partial charge in [0, 0.05) is 34.7 Å². The topological polar surface area (TPSA) is 37.0 Å². The summed E-state index contributed by atoms with van der Waals surface area (Å²) in [5.41, 5.74) is 3.31. The minimum absolute atomic E-state index is 0.869. The molecule has 18 heavy (non-hydrogen) atoms. The van der Waals surface area contributed by atoms with E-state index in [1.165, 1.54) is 5.56 Å². The number of nitrogens with zero attached hydrogens (tertiary/aromatic N) is 1. The number of anilines is 3. The molecule has 1 aromatic carbocycles. The smallest absolute Gasteiger partial charge is 0.127 e. The molecule has 0 aliphatic carbocycles. The predicted molar refractivity (Wildman–Crippen MR) is 80.6 cm³/mol. The van der Waals surface area contributed by atoms with E-state index in [9.17, 15) is 0 Å². The standard InChI is InChI=1S/C14H16BrN3/c1-3-16-14-9-12(6-7-17-14)18-11-4-5-13(15)10(2)8-11/h4-9H,3H2,1-2H3,(H2,16,17,18). The Hall–Kier alpha value is -1.55. The monoisotopic (exact) mass is 305 g/mol. The van der Waals surface area contributed by atoms with Gasteiger partial charge in [-0.1, -0.05) is 15.9 Å². The van der Waals surface area contributed by atoms with Crippen LogP contribution in [0.5, 0.6) is 0 Å². The van der Waals surface area contributed by atoms with Crippen molar-refractivity contribution in [3.05, 3.63) is 46.6 Å². The second-order valence-corrected chi connectivity index (χ2v) is 4.90. The van der Waals surface area contributed by atoms with Crippen molar-refractivity contribution in [1.82, 2.24) is 4.98 Å². The van der Waals surface area contributed by atoms with Gasteiger partial charge in [-0.3, -0.25) is 0 Å². The highest BCUT2D eigenvalue weighted by Crippen LogP contribution is 2.23. The van der Waals surface area contributed by atoms with Crippen LogP contribution in [0.2, 0.25) is 0 Å². The third kappa shape index (κ3) is 3.23. The Morgan fingerprint density at radius 3 is 2.67 bits per heavy atom. The van der Waals surface area contributed by atoms with Crippen molar-refractivity contribution in [3.63, 3.8) is 0 Å². The second-order valence-electron chi connectivity index (χ2n) is 4.05. The Balaban J connectivity index is 2.17. The number of hydrogen-bond donors (Lipinski definition) is 2. The van der Waals surface area contributed by atoms with Gasteiger partial charge in [0.2, 0.25) is 0 Å². The van der Waals surface area contributed by atoms with E-state index in [1.807, 2.05) is 24.3 Å². The number of rotatable bonds is 4. The maximum atomic E-state index is 4.24. The molecule has 0 amide bonds. The molecule has 3 nitrogen and oxygen atoms in total. The van der Waals surface area contributed by atoms with Crippen LogP contribution in [-0.4, -0.2) is 11.5 Å². The Morgan fingerprint density at radius 2 is 1.94 bits per heavy atom. The predicted octanol–water partition coefficient (Wildman–Crippen LogP) is 4.33. The summed E-state index contributed by atoms with van der Waals surface area (Å²) in [6.07, 6.45) is 1.80. The van der Waals surface area contributed by atoms with Crippen LogP contribution in [-0.2, 0) is 0 Å². The highest BCUT2D eigenvalue weighted by atomic mass is 79.9. The molecule has 0 bridgehead atoms. The number of benzene rings is 1. The van der Waals surface area contributed by atoms with E-state index in [2.05, 4.69) is 51.5 Å². The molecule has 0 spiro atoms. The van der Waals surface area contributed by atoms with Crippen LogP contribution in [0, 0.1) is 6.92 Å². The minimum atomic E-state index is 0.869. The van der Waals surface area contributed by atoms with Crippen LogP contribution < -0.4 is 10.6 Å². The molecule has 4 heteroatoms. The summed E-state index contributed by atoms with van der Waals surface area (Å²) in [5, 5.41) is 6.57. The molecule has 0 saturated carbocycles. The van der Waals surface area contributed by atoms with Gasteiger partial charge in [-0.2, -0.15) is 0 Å². The van der Waals surface area contributed by atoms with E-state index in [0.29, 0.717) is 0 Å². The van der Waals surface area contributed by atoms with Crippen LogP contribution in [0.25, 0.3) is 0 Å². The van der Waals surface area contributed by atoms with E-state index >= 15 is 0 Å². The van der Waals surface area contributed by atoms with Gasteiger partial charge in [0.15, 0.2) is 0 Å². The number of pyridine rings is 1. The third-order valence-electron chi connectivity index (χ3n) is 2.56. The summed E-state index contributed by atoms with van der Waals surface area (Å²) in [6.45, 7) is 5.00. The molecule has 2 aromatic rings. The number of nitrogens with one attached hydrogen (secondary N) is 2. The zero-order valence-corrected chi connectivity index (χ0v) is 12.1. The largest absolute Gasteiger partial charge is 0.370 e. The lowest BCUT2D eigenvalue weighted by Gasteiger charge is -2.09. The van der Waals surface area contributed by atoms with Crippen molar-refractivity contribution in [2.24, 2.45) is 0 Å². The van der Waals surface area contributed by atoms with Crippen molar-refractivity contribution in [2.75, 3.05) is 17.2 Å². The Labute approximate surface area is 116 Å². The molecule has 2 N–H and O–H groups in total. The first-order chi connectivity index (χ1) is 8.69. The lowest BCUT2D eigenvalue weighted by Crippen LogP contribution is -2.00. The molecule has 1 heterocycles. The van der Waals surface area contributed by atoms with E-state index in [0.717, 1.165) is 28.2 Å². The quantitative estimate of drug-likeness (QED) is 0.883. The first-order valence-electron chi connectivity index (χ1n) is 5.92. The van der Waals surface area contributed by atoms with Gasteiger partial charge in [0.05, 0.1) is 0 Å². The molecule has 94 valence electrons. The molecule has 0 aliphatic rings. The molecule has 0 saturated heterocycles. The van der Waals surface area contributed by atoms with Gasteiger partial charge in [0.1, 0.15) is 5.82 Å². The van der Waals surface area contributed by atoms with Gasteiger partial charge >= 0.3 is 0 Å². The van der Waals surface area contributed by atoms with Gasteiger partial charge < -0.3 is 10.6 Å². The van der Waals surface area contributed by atoms with E-state index in [-0.39, 0.29) is 0 Å². The van der Waals surface area contributed by atoms with Gasteiger partial charge in [-0.25, -0.2) is 4.98 Å². The summed E-state index contributed by atoms with van der Waals surface area (Å²) in [7, 11) is 0. The van der Waals surface area contributed by atoms with Crippen molar-refractivity contribution in [3.8, 4) is 0 Å². The Kier molecular flexibility index (Phi) is 4.20. The first-order valence-corrected chi connectivity index (χ1v) is 6.71. The van der Waals surface area contributed by atoms with Gasteiger partial charge in [-0.05, 0) is 43.7 Å². The molecule has 0 atom stereocenters. The molecule has 0 unspecified atom stereocenters. The molecule has 1 aromatic heterocycles. The number of halogens is 1. The van der Waals surface area contributed by atoms with Crippen molar-refractivity contribution in [1.29, 1.82) is 0 Å². The fourth-order valence-corrected chi connectivity index (χ4v) is 1.92. The summed E-state index contributed by atoms with van der Waals surface area (Å²) >= 11 is 3.50. The second kappa shape index (κ2) is 5.87. The summed E-state index contributed by atoms with van der Waals surface area (Å²) in [5.74, 6) is 0.885. The maximum Gasteiger partial charge on any atom is 0.127 e. The zero-order valence-electron chi connectivity index (χ0n) is 10.5. The normalized spacial score (nSPS) is 10.2. The Bertz CT molecular complexity index is 540. The average Bonchev–Trinajstić information content (AvgIpc) is 2.35. The van der Waals surface area contributed by atoms with Crippen LogP contribution in [0.1, 0.15) is 12.5 Å². The summed E-state index contributed by atoms with van der Waals surface area (Å²) < 4.78 is 1.12. The van der Waals surface area contributed by atoms with Crippen LogP contribution in [0.4, 0.5) is 17.2 Å². The van der Waals surface area contributed by atoms with Crippen LogP contribution >= 0.6 is 15.9 Å². The average molecular weight is 306 g/mol. The molecule has 0 radical (unpaired) electrons. The van der Waals surface area contributed by atoms with Crippen molar-refractivity contribution < 1.29 is 0 Å². The highest BCUT2D eigenvalue weighted by molar-refractivity contribution is 9.10. The third-order valence-corrected chi connectivity index (χ3v) is 3.45. The fraction of sp³-hybridized carbons (Fsp3) is 0.214. The van der Waals surface area contributed by atoms with Crippen LogP contribution in [0.3, 0.4) is 0 Å². The van der Waals surface area contributed by atoms with Gasteiger partial charge in [-0.15, -0.1) is 0 Å². The van der Waals surface area contributed by atoms with E-state index in [1.54, 1.807) is 6.20 Å². The molecule has 0 aliphatic heterocycles. The highest BCUT2D eigenvalue weighted by Gasteiger charge is 1.99. The number of hydrogen-bond acceptors (Lipinski definition) is 3. The lowest BCUT2D eigenvalue weighted by molar-refractivity contribution is 1.16. The Morgan fingerprint density at radius 1 is 1.17 bits per heavy atom. The van der Waals surface area contributed by atoms with Crippen molar-refractivity contribution in [2.45, 2.75) is 13.8 Å². The molecule has 2 rings (SSSR count). The maximum absolute atomic E-state index is 4.24. The summed E-state index contributed by atoms with van der Waals surface area (Å²) in [6, 6.07) is 10.2. The zero-order chi connectivity index (χ0) is 13.0. The molecular formula is C14H16BrN3. The van der Waals surface area contributed by atoms with Crippen LogP contribution in [0.15, 0.2) is 41.0 Å². The SMILES string of the molecule is CCNc1cc(Nc2ccc(Br)c(C)c2)ccn1. The number of aromatic nitrogens is 1. The van der Waals surface area contributed by atoms with E-state index < -0.39 is 0 Å². The minimum Gasteiger partial charge on any atom is -0.370 e. The summed E-state index contributed by atoms with van der Waals surface area (Å²) in [4.78, 5) is 4.24. The molecular weight excluding hydrogens is 290 g/mol. The number of aryl methyl sites for hydroxylation is 1.